The molecular weight excluding hydrogens is 338 g/mol. The van der Waals surface area contributed by atoms with Crippen molar-refractivity contribution in [3.63, 3.8) is 0 Å². The normalized spacial score (nSPS) is 10.7. The van der Waals surface area contributed by atoms with Crippen molar-refractivity contribution in [2.75, 3.05) is 12.8 Å². The number of hydrogen-bond donors (Lipinski definition) is 2. The van der Waals surface area contributed by atoms with Gasteiger partial charge in [0.25, 0.3) is 0 Å². The number of ether oxygens (including phenoxy) is 1. The van der Waals surface area contributed by atoms with Gasteiger partial charge in [-0.15, -0.1) is 12.3 Å². The van der Waals surface area contributed by atoms with Gasteiger partial charge in [0.1, 0.15) is 17.8 Å². The van der Waals surface area contributed by atoms with Crippen LogP contribution in [-0.4, -0.2) is 31.7 Å². The van der Waals surface area contributed by atoms with E-state index < -0.39 is 0 Å². The summed E-state index contributed by atoms with van der Waals surface area (Å²) in [7, 11) is 1.55. The van der Waals surface area contributed by atoms with Crippen LogP contribution in [-0.2, 0) is 6.54 Å². The fourth-order valence-corrected chi connectivity index (χ4v) is 3.39. The van der Waals surface area contributed by atoms with Crippen LogP contribution in [0.1, 0.15) is 12.8 Å². The van der Waals surface area contributed by atoms with Crippen LogP contribution >= 0.6 is 11.8 Å². The Hall–Kier alpha value is -2.92. The van der Waals surface area contributed by atoms with Crippen LogP contribution in [0.25, 0.3) is 11.2 Å². The van der Waals surface area contributed by atoms with Gasteiger partial charge in [-0.25, -0.2) is 15.0 Å². The lowest BCUT2D eigenvalue weighted by atomic mass is 10.3. The van der Waals surface area contributed by atoms with E-state index in [0.717, 1.165) is 11.3 Å². The zero-order valence-corrected chi connectivity index (χ0v) is 14.5. The fraction of sp³-hybridized carbons (Fsp3) is 0.235. The first kappa shape index (κ1) is 16.9. The van der Waals surface area contributed by atoms with Crippen molar-refractivity contribution in [1.82, 2.24) is 19.5 Å². The van der Waals surface area contributed by atoms with Crippen LogP contribution < -0.4 is 10.5 Å². The minimum absolute atomic E-state index is 0.138. The molecule has 0 spiro atoms. The molecule has 2 aromatic heterocycles. The lowest BCUT2D eigenvalue weighted by Gasteiger charge is -2.10. The van der Waals surface area contributed by atoms with Gasteiger partial charge in [0.15, 0.2) is 22.1 Å². The Kier molecular flexibility index (Phi) is 4.95. The van der Waals surface area contributed by atoms with Crippen molar-refractivity contribution >= 4 is 28.7 Å². The zero-order chi connectivity index (χ0) is 17.8. The molecule has 0 aliphatic carbocycles. The third kappa shape index (κ3) is 3.46. The first-order chi connectivity index (χ1) is 12.1. The van der Waals surface area contributed by atoms with E-state index in [-0.39, 0.29) is 5.75 Å². The quantitative estimate of drug-likeness (QED) is 0.518. The molecule has 0 bridgehead atoms. The number of aromatic hydroxyl groups is 1. The molecule has 0 amide bonds. The van der Waals surface area contributed by atoms with Gasteiger partial charge < -0.3 is 20.1 Å². The van der Waals surface area contributed by atoms with E-state index in [1.165, 1.54) is 18.1 Å². The van der Waals surface area contributed by atoms with Crippen LogP contribution in [0.5, 0.6) is 11.5 Å². The number of imidazole rings is 1. The highest BCUT2D eigenvalue weighted by Gasteiger charge is 2.17. The molecule has 0 unspecified atom stereocenters. The van der Waals surface area contributed by atoms with Crippen LogP contribution in [0.2, 0.25) is 0 Å². The number of phenols is 1. The molecule has 7 nitrogen and oxygen atoms in total. The second-order valence-electron chi connectivity index (χ2n) is 5.22. The molecule has 1 aromatic carbocycles. The first-order valence-corrected chi connectivity index (χ1v) is 8.40. The molecule has 0 saturated heterocycles. The maximum atomic E-state index is 9.62. The third-order valence-electron chi connectivity index (χ3n) is 3.58. The number of aryl methyl sites for hydroxylation is 1. The van der Waals surface area contributed by atoms with Gasteiger partial charge in [0.05, 0.1) is 12.0 Å². The minimum Gasteiger partial charge on any atom is -0.508 e. The maximum absolute atomic E-state index is 9.62. The van der Waals surface area contributed by atoms with E-state index in [2.05, 4.69) is 20.9 Å². The number of nitrogens with two attached hydrogens (primary N) is 1. The Morgan fingerprint density at radius 3 is 3.00 bits per heavy atom. The lowest BCUT2D eigenvalue weighted by Crippen LogP contribution is -2.02. The Labute approximate surface area is 149 Å². The average molecular weight is 355 g/mol. The molecule has 3 aromatic rings. The highest BCUT2D eigenvalue weighted by molar-refractivity contribution is 7.99. The largest absolute Gasteiger partial charge is 0.508 e. The van der Waals surface area contributed by atoms with E-state index in [0.29, 0.717) is 40.9 Å². The number of terminal acetylenes is 1. The molecular formula is C17H17N5O2S. The minimum atomic E-state index is 0.138. The van der Waals surface area contributed by atoms with Gasteiger partial charge in [-0.05, 0) is 30.3 Å². The standard InChI is InChI=1S/C17H17N5O2S/c1-3-4-5-8-22-16-14(15(18)19-10-20-16)21-17(22)25-13-7-6-11(23)9-12(13)24-2/h1,6-7,9-10,23H,4-5,8H2,2H3,(H2,18,19,20). The number of anilines is 1. The number of aromatic nitrogens is 4. The number of unbranched alkanes of at least 4 members (excludes halogenated alkanes) is 1. The summed E-state index contributed by atoms with van der Waals surface area (Å²) >= 11 is 1.41. The van der Waals surface area contributed by atoms with Crippen LogP contribution in [0.4, 0.5) is 5.82 Å². The summed E-state index contributed by atoms with van der Waals surface area (Å²) in [6.07, 6.45) is 8.23. The average Bonchev–Trinajstić information content (AvgIpc) is 2.96. The van der Waals surface area contributed by atoms with Crippen molar-refractivity contribution in [3.05, 3.63) is 24.5 Å². The summed E-state index contributed by atoms with van der Waals surface area (Å²) in [4.78, 5) is 13.7. The molecule has 0 saturated carbocycles. The molecule has 3 N–H and O–H groups in total. The van der Waals surface area contributed by atoms with Crippen LogP contribution in [0.15, 0.2) is 34.6 Å². The second kappa shape index (κ2) is 7.32. The summed E-state index contributed by atoms with van der Waals surface area (Å²) in [5.41, 5.74) is 7.17. The Balaban J connectivity index is 2.04. The Morgan fingerprint density at radius 2 is 2.24 bits per heavy atom. The monoisotopic (exact) mass is 355 g/mol. The van der Waals surface area contributed by atoms with Crippen molar-refractivity contribution in [1.29, 1.82) is 0 Å². The predicted molar refractivity (Wildman–Crippen MR) is 96.6 cm³/mol. The number of phenolic OH excluding ortho intramolecular Hbond substituents is 1. The summed E-state index contributed by atoms with van der Waals surface area (Å²) < 4.78 is 7.31. The first-order valence-electron chi connectivity index (χ1n) is 7.59. The lowest BCUT2D eigenvalue weighted by molar-refractivity contribution is 0.398. The van der Waals surface area contributed by atoms with Crippen molar-refractivity contribution in [2.24, 2.45) is 0 Å². The molecule has 0 fully saturated rings. The van der Waals surface area contributed by atoms with Gasteiger partial charge in [-0.1, -0.05) is 0 Å². The van der Waals surface area contributed by atoms with Crippen molar-refractivity contribution < 1.29 is 9.84 Å². The number of fused-ring (bicyclic) bond motifs is 1. The molecule has 0 aliphatic heterocycles. The third-order valence-corrected chi connectivity index (χ3v) is 4.63. The van der Waals surface area contributed by atoms with E-state index in [9.17, 15) is 5.11 Å². The number of nitrogens with zero attached hydrogens (tertiary/aromatic N) is 4. The van der Waals surface area contributed by atoms with E-state index in [1.807, 2.05) is 4.57 Å². The maximum Gasteiger partial charge on any atom is 0.175 e. The Bertz CT molecular complexity index is 948. The number of methoxy groups -OCH3 is 1. The van der Waals surface area contributed by atoms with Crippen molar-refractivity contribution in [2.45, 2.75) is 29.4 Å². The highest BCUT2D eigenvalue weighted by atomic mass is 32.2. The van der Waals surface area contributed by atoms with Crippen LogP contribution in [0, 0.1) is 12.3 Å². The topological polar surface area (TPSA) is 99.1 Å². The van der Waals surface area contributed by atoms with Gasteiger partial charge >= 0.3 is 0 Å². The zero-order valence-electron chi connectivity index (χ0n) is 13.6. The molecule has 25 heavy (non-hydrogen) atoms. The van der Waals surface area contributed by atoms with E-state index in [1.54, 1.807) is 25.3 Å². The van der Waals surface area contributed by atoms with Gasteiger partial charge in [-0.3, -0.25) is 0 Å². The Morgan fingerprint density at radius 1 is 1.40 bits per heavy atom. The van der Waals surface area contributed by atoms with E-state index in [4.69, 9.17) is 16.9 Å². The second-order valence-corrected chi connectivity index (χ2v) is 6.23. The highest BCUT2D eigenvalue weighted by Crippen LogP contribution is 2.38. The van der Waals surface area contributed by atoms with Gasteiger partial charge in [0.2, 0.25) is 0 Å². The van der Waals surface area contributed by atoms with Gasteiger partial charge in [0, 0.05) is 19.0 Å². The summed E-state index contributed by atoms with van der Waals surface area (Å²) in [5, 5.41) is 10.3. The molecule has 0 radical (unpaired) electrons. The molecule has 0 aliphatic rings. The number of hydrogen-bond acceptors (Lipinski definition) is 7. The van der Waals surface area contributed by atoms with Crippen LogP contribution in [0.3, 0.4) is 0 Å². The van der Waals surface area contributed by atoms with E-state index >= 15 is 0 Å². The number of nitrogen functional groups attached to an aromatic ring is 1. The fourth-order valence-electron chi connectivity index (χ4n) is 2.39. The summed E-state index contributed by atoms with van der Waals surface area (Å²) in [5.74, 6) is 3.67. The molecule has 128 valence electrons. The number of benzene rings is 1. The number of rotatable bonds is 6. The molecule has 0 atom stereocenters. The predicted octanol–water partition coefficient (Wildman–Crippen LogP) is 2.69. The van der Waals surface area contributed by atoms with Gasteiger partial charge in [-0.2, -0.15) is 0 Å². The van der Waals surface area contributed by atoms with Crippen molar-refractivity contribution in [3.8, 4) is 23.8 Å². The molecule has 2 heterocycles. The molecule has 3 rings (SSSR count). The summed E-state index contributed by atoms with van der Waals surface area (Å²) in [6.45, 7) is 0.667. The SMILES string of the molecule is C#CCCCn1c(Sc2ccc(O)cc2OC)nc2c(N)ncnc21. The smallest absolute Gasteiger partial charge is 0.175 e. The molecule has 8 heteroatoms. The summed E-state index contributed by atoms with van der Waals surface area (Å²) in [6, 6.07) is 4.94.